The fourth-order valence-corrected chi connectivity index (χ4v) is 2.44. The topological polar surface area (TPSA) is 15.3 Å². The van der Waals surface area contributed by atoms with Gasteiger partial charge in [-0.15, -0.1) is 0 Å². The van der Waals surface area contributed by atoms with Gasteiger partial charge in [-0.3, -0.25) is 0 Å². The van der Waals surface area contributed by atoms with E-state index in [4.69, 9.17) is 0 Å². The Hall–Kier alpha value is -1.00. The van der Waals surface area contributed by atoms with Crippen molar-refractivity contribution in [1.82, 2.24) is 10.2 Å². The Kier molecular flexibility index (Phi) is 5.69. The van der Waals surface area contributed by atoms with E-state index in [2.05, 4.69) is 12.2 Å². The van der Waals surface area contributed by atoms with Crippen molar-refractivity contribution in [3.05, 3.63) is 35.4 Å². The van der Waals surface area contributed by atoms with Crippen LogP contribution in [0.3, 0.4) is 0 Å². The molecule has 0 spiro atoms. The molecule has 1 aromatic carbocycles. The van der Waals surface area contributed by atoms with E-state index in [0.717, 1.165) is 19.0 Å². The van der Waals surface area contributed by atoms with E-state index in [1.807, 2.05) is 26.0 Å². The van der Waals surface area contributed by atoms with Crippen LogP contribution in [0.25, 0.3) is 0 Å². The number of benzene rings is 1. The number of hydrogen-bond donors (Lipinski definition) is 1. The first-order valence-corrected chi connectivity index (χ1v) is 6.27. The highest BCUT2D eigenvalue weighted by Gasteiger charge is 2.26. The lowest BCUT2D eigenvalue weighted by Gasteiger charge is -2.32. The quantitative estimate of drug-likeness (QED) is 0.842. The van der Waals surface area contributed by atoms with Crippen molar-refractivity contribution in [1.29, 1.82) is 0 Å². The second-order valence-electron chi connectivity index (χ2n) is 4.80. The summed E-state index contributed by atoms with van der Waals surface area (Å²) in [4.78, 5) is 1.95. The highest BCUT2D eigenvalue weighted by molar-refractivity contribution is 5.23. The summed E-state index contributed by atoms with van der Waals surface area (Å²) >= 11 is 0. The summed E-state index contributed by atoms with van der Waals surface area (Å²) < 4.78 is 27.2. The Bertz CT molecular complexity index is 380. The molecule has 2 atom stereocenters. The summed E-state index contributed by atoms with van der Waals surface area (Å²) in [6, 6.07) is 3.54. The predicted octanol–water partition coefficient (Wildman–Crippen LogP) is 2.81. The Morgan fingerprint density at radius 3 is 2.44 bits per heavy atom. The van der Waals surface area contributed by atoms with Gasteiger partial charge in [0.2, 0.25) is 0 Å². The molecule has 1 aromatic rings. The van der Waals surface area contributed by atoms with Crippen LogP contribution in [0.1, 0.15) is 24.9 Å². The first-order chi connectivity index (χ1) is 8.51. The fourth-order valence-electron chi connectivity index (χ4n) is 2.44. The Morgan fingerprint density at radius 1 is 1.28 bits per heavy atom. The van der Waals surface area contributed by atoms with Crippen LogP contribution < -0.4 is 5.32 Å². The molecular weight excluding hydrogens is 234 g/mol. The predicted molar refractivity (Wildman–Crippen MR) is 70.5 cm³/mol. The van der Waals surface area contributed by atoms with Crippen molar-refractivity contribution in [3.63, 3.8) is 0 Å². The van der Waals surface area contributed by atoms with Gasteiger partial charge in [-0.2, -0.15) is 0 Å². The molecule has 0 heterocycles. The van der Waals surface area contributed by atoms with Crippen molar-refractivity contribution in [3.8, 4) is 0 Å². The molecule has 0 aliphatic rings. The third-order valence-electron chi connectivity index (χ3n) is 3.27. The average molecular weight is 256 g/mol. The molecule has 1 rings (SSSR count). The van der Waals surface area contributed by atoms with Gasteiger partial charge in [-0.25, -0.2) is 8.78 Å². The maximum atomic E-state index is 13.9. The van der Waals surface area contributed by atoms with Crippen molar-refractivity contribution < 1.29 is 8.78 Å². The van der Waals surface area contributed by atoms with E-state index in [-0.39, 0.29) is 17.8 Å². The molecule has 2 nitrogen and oxygen atoms in total. The number of rotatable bonds is 6. The Morgan fingerprint density at radius 2 is 1.94 bits per heavy atom. The van der Waals surface area contributed by atoms with Crippen LogP contribution in [-0.4, -0.2) is 32.6 Å². The molecule has 0 saturated carbocycles. The zero-order valence-corrected chi connectivity index (χ0v) is 11.5. The summed E-state index contributed by atoms with van der Waals surface area (Å²) in [6.45, 7) is 2.84. The summed E-state index contributed by atoms with van der Waals surface area (Å²) in [7, 11) is 5.66. The minimum absolute atomic E-state index is 0.127. The average Bonchev–Trinajstić information content (AvgIpc) is 2.32. The van der Waals surface area contributed by atoms with Crippen LogP contribution in [0.15, 0.2) is 18.2 Å². The van der Waals surface area contributed by atoms with Gasteiger partial charge in [-0.1, -0.05) is 13.3 Å². The smallest absolute Gasteiger partial charge is 0.128 e. The molecule has 0 radical (unpaired) electrons. The molecule has 0 amide bonds. The Labute approximate surface area is 108 Å². The zero-order chi connectivity index (χ0) is 13.7. The zero-order valence-electron chi connectivity index (χ0n) is 11.5. The SMILES string of the molecule is CCC(CNC)C(c1cc(F)ccc1F)N(C)C. The minimum atomic E-state index is -0.391. The number of nitrogens with zero attached hydrogens (tertiary/aromatic N) is 1. The molecule has 2 unspecified atom stereocenters. The second-order valence-corrected chi connectivity index (χ2v) is 4.80. The summed E-state index contributed by atoms with van der Waals surface area (Å²) in [6.07, 6.45) is 0.902. The third-order valence-corrected chi connectivity index (χ3v) is 3.27. The molecule has 4 heteroatoms. The largest absolute Gasteiger partial charge is 0.319 e. The molecule has 18 heavy (non-hydrogen) atoms. The van der Waals surface area contributed by atoms with Gasteiger partial charge in [0.05, 0.1) is 0 Å². The lowest BCUT2D eigenvalue weighted by molar-refractivity contribution is 0.199. The van der Waals surface area contributed by atoms with Crippen molar-refractivity contribution >= 4 is 0 Å². The number of hydrogen-bond acceptors (Lipinski definition) is 2. The second kappa shape index (κ2) is 6.81. The van der Waals surface area contributed by atoms with E-state index < -0.39 is 5.82 Å². The van der Waals surface area contributed by atoms with Crippen molar-refractivity contribution in [2.45, 2.75) is 19.4 Å². The molecule has 1 N–H and O–H groups in total. The van der Waals surface area contributed by atoms with E-state index in [9.17, 15) is 8.78 Å². The lowest BCUT2D eigenvalue weighted by atomic mass is 9.89. The van der Waals surface area contributed by atoms with Crippen molar-refractivity contribution in [2.75, 3.05) is 27.7 Å². The standard InChI is InChI=1S/C14H22F2N2/c1-5-10(9-17-2)14(18(3)4)12-8-11(15)6-7-13(12)16/h6-8,10,14,17H,5,9H2,1-4H3. The number of nitrogens with one attached hydrogen (secondary N) is 1. The molecule has 0 aromatic heterocycles. The first-order valence-electron chi connectivity index (χ1n) is 6.27. The van der Waals surface area contributed by atoms with Gasteiger partial charge < -0.3 is 10.2 Å². The highest BCUT2D eigenvalue weighted by Crippen LogP contribution is 2.31. The summed E-state index contributed by atoms with van der Waals surface area (Å²) in [5.74, 6) is -0.497. The molecule has 0 fully saturated rings. The van der Waals surface area contributed by atoms with Gasteiger partial charge in [0.15, 0.2) is 0 Å². The summed E-state index contributed by atoms with van der Waals surface area (Å²) in [5, 5.41) is 3.12. The van der Waals surface area contributed by atoms with E-state index in [1.54, 1.807) is 0 Å². The maximum Gasteiger partial charge on any atom is 0.128 e. The van der Waals surface area contributed by atoms with Gasteiger partial charge >= 0.3 is 0 Å². The molecule has 0 bridgehead atoms. The molecule has 0 aliphatic heterocycles. The van der Waals surface area contributed by atoms with Gasteiger partial charge in [0.1, 0.15) is 11.6 Å². The van der Waals surface area contributed by atoms with Gasteiger partial charge in [0, 0.05) is 11.6 Å². The number of halogens is 2. The van der Waals surface area contributed by atoms with E-state index in [1.165, 1.54) is 12.1 Å². The highest BCUT2D eigenvalue weighted by atomic mass is 19.1. The van der Waals surface area contributed by atoms with Crippen LogP contribution in [0.4, 0.5) is 8.78 Å². The third kappa shape index (κ3) is 3.50. The van der Waals surface area contributed by atoms with Gasteiger partial charge in [-0.05, 0) is 51.8 Å². The molecule has 0 saturated heterocycles. The van der Waals surface area contributed by atoms with Crippen LogP contribution in [0, 0.1) is 17.6 Å². The fraction of sp³-hybridized carbons (Fsp3) is 0.571. The van der Waals surface area contributed by atoms with Gasteiger partial charge in [0.25, 0.3) is 0 Å². The van der Waals surface area contributed by atoms with Crippen LogP contribution in [0.2, 0.25) is 0 Å². The van der Waals surface area contributed by atoms with Crippen LogP contribution >= 0.6 is 0 Å². The van der Waals surface area contributed by atoms with Crippen LogP contribution in [-0.2, 0) is 0 Å². The molecule has 0 aliphatic carbocycles. The normalized spacial score (nSPS) is 14.8. The first kappa shape index (κ1) is 15.1. The minimum Gasteiger partial charge on any atom is -0.319 e. The lowest BCUT2D eigenvalue weighted by Crippen LogP contribution is -2.33. The Balaban J connectivity index is 3.14. The van der Waals surface area contributed by atoms with E-state index >= 15 is 0 Å². The molecule has 102 valence electrons. The monoisotopic (exact) mass is 256 g/mol. The summed E-state index contributed by atoms with van der Waals surface area (Å²) in [5.41, 5.74) is 0.433. The molecular formula is C14H22F2N2. The van der Waals surface area contributed by atoms with Crippen molar-refractivity contribution in [2.24, 2.45) is 5.92 Å². The van der Waals surface area contributed by atoms with Crippen LogP contribution in [0.5, 0.6) is 0 Å². The van der Waals surface area contributed by atoms with E-state index in [0.29, 0.717) is 5.56 Å². The maximum absolute atomic E-state index is 13.9.